The Morgan fingerprint density at radius 1 is 0.554 bits per heavy atom. The summed E-state index contributed by atoms with van der Waals surface area (Å²) in [7, 11) is 5.75. The smallest absolute Gasteiger partial charge is 0.254 e. The van der Waals surface area contributed by atoms with Gasteiger partial charge in [-0.15, -0.1) is 0 Å². The van der Waals surface area contributed by atoms with Crippen molar-refractivity contribution in [3.05, 3.63) is 71.8 Å². The summed E-state index contributed by atoms with van der Waals surface area (Å²) in [6, 6.07) is 9.72. The van der Waals surface area contributed by atoms with E-state index >= 15 is 0 Å². The van der Waals surface area contributed by atoms with Crippen molar-refractivity contribution in [1.29, 1.82) is 0 Å². The van der Waals surface area contributed by atoms with Crippen LogP contribution < -0.4 is 26.6 Å². The first kappa shape index (κ1) is 61.9. The minimum Gasteiger partial charge on any atom is -0.391 e. The number of hydrogen-bond acceptors (Lipinski definition) is 10. The molecule has 19 nitrogen and oxygen atoms in total. The first-order valence-corrected chi connectivity index (χ1v) is 26.1. The number of aliphatic hydroxyl groups excluding tert-OH is 1. The zero-order valence-electron chi connectivity index (χ0n) is 45.8. The number of likely N-dealkylation sites (tertiary alicyclic amines) is 1. The maximum absolute atomic E-state index is 15.0. The fourth-order valence-corrected chi connectivity index (χ4v) is 9.01. The van der Waals surface area contributed by atoms with Gasteiger partial charge in [-0.3, -0.25) is 43.2 Å². The minimum atomic E-state index is -1.53. The number of likely N-dealkylation sites (N-methyl/N-ethyl adjacent to an activating group) is 4. The van der Waals surface area contributed by atoms with E-state index in [0.29, 0.717) is 25.1 Å². The van der Waals surface area contributed by atoms with E-state index in [1.165, 1.54) is 44.8 Å². The molecule has 1 heterocycles. The van der Waals surface area contributed by atoms with Crippen LogP contribution in [-0.2, 0) is 56.0 Å². The van der Waals surface area contributed by atoms with Gasteiger partial charge in [0.2, 0.25) is 41.4 Å². The topological polar surface area (TPSA) is 247 Å². The van der Waals surface area contributed by atoms with Crippen molar-refractivity contribution < 1.29 is 48.3 Å². The number of nitrogens with one attached hydrogen (secondary N) is 5. The van der Waals surface area contributed by atoms with Crippen LogP contribution in [0, 0.1) is 17.8 Å². The highest BCUT2D eigenvalue weighted by Gasteiger charge is 2.40. The molecule has 1 fully saturated rings. The maximum Gasteiger partial charge on any atom is 0.254 e. The first-order chi connectivity index (χ1) is 34.9. The largest absolute Gasteiger partial charge is 0.391 e. The Labute approximate surface area is 438 Å². The van der Waals surface area contributed by atoms with Gasteiger partial charge in [0.1, 0.15) is 30.2 Å². The summed E-state index contributed by atoms with van der Waals surface area (Å²) in [4.78, 5) is 130. The van der Waals surface area contributed by atoms with Crippen LogP contribution in [0.5, 0.6) is 0 Å². The number of hydrogen-bond donors (Lipinski definition) is 6. The molecule has 410 valence electrons. The molecule has 0 aromatic heterocycles. The lowest BCUT2D eigenvalue weighted by atomic mass is 9.96. The first-order valence-electron chi connectivity index (χ1n) is 26.1. The molecule has 2 aromatic rings. The molecule has 3 rings (SSSR count). The quantitative estimate of drug-likeness (QED) is 0.0715. The zero-order valence-corrected chi connectivity index (χ0v) is 45.8. The monoisotopic (exact) mass is 1030 g/mol. The van der Waals surface area contributed by atoms with Crippen LogP contribution in [0.4, 0.5) is 0 Å². The predicted octanol–water partition coefficient (Wildman–Crippen LogP) is 2.58. The van der Waals surface area contributed by atoms with E-state index in [0.717, 1.165) is 29.7 Å². The molecule has 8 atom stereocenters. The molecule has 2 aromatic carbocycles. The van der Waals surface area contributed by atoms with Crippen LogP contribution in [-0.4, -0.2) is 168 Å². The van der Waals surface area contributed by atoms with Crippen molar-refractivity contribution in [2.45, 2.75) is 162 Å². The van der Waals surface area contributed by atoms with Gasteiger partial charge in [0.05, 0.1) is 6.10 Å². The fourth-order valence-electron chi connectivity index (χ4n) is 9.01. The molecule has 0 unspecified atom stereocenters. The third-order valence-electron chi connectivity index (χ3n) is 13.4. The molecule has 1 saturated heterocycles. The van der Waals surface area contributed by atoms with Crippen LogP contribution in [0.2, 0.25) is 0 Å². The predicted molar refractivity (Wildman–Crippen MR) is 283 cm³/mol. The molecule has 0 radical (unpaired) electrons. The van der Waals surface area contributed by atoms with Gasteiger partial charge in [0, 0.05) is 73.0 Å². The fraction of sp³-hybridized carbons (Fsp3) is 0.618. The van der Waals surface area contributed by atoms with Gasteiger partial charge < -0.3 is 51.3 Å². The molecular formula is C55H85N9O10. The number of carbonyl (C=O) groups is 9. The Hall–Kier alpha value is -6.37. The van der Waals surface area contributed by atoms with Gasteiger partial charge in [-0.25, -0.2) is 0 Å². The number of amides is 9. The molecule has 9 amide bonds. The molecule has 1 aliphatic rings. The van der Waals surface area contributed by atoms with E-state index in [1.807, 2.05) is 65.8 Å². The van der Waals surface area contributed by atoms with E-state index in [4.69, 9.17) is 0 Å². The van der Waals surface area contributed by atoms with Crippen molar-refractivity contribution in [3.63, 3.8) is 0 Å². The Morgan fingerprint density at radius 3 is 1.58 bits per heavy atom. The lowest BCUT2D eigenvalue weighted by Crippen LogP contribution is -2.61. The van der Waals surface area contributed by atoms with Gasteiger partial charge in [-0.1, -0.05) is 102 Å². The van der Waals surface area contributed by atoms with Crippen molar-refractivity contribution in [2.24, 2.45) is 17.8 Å². The average Bonchev–Trinajstić information content (AvgIpc) is 3.36. The number of rotatable bonds is 27. The second kappa shape index (κ2) is 30.1. The average molecular weight is 1030 g/mol. The number of piperidine rings is 1. The minimum absolute atomic E-state index is 0.000662. The van der Waals surface area contributed by atoms with Crippen LogP contribution >= 0.6 is 0 Å². The number of benzene rings is 2. The molecule has 0 saturated carbocycles. The molecule has 0 aliphatic carbocycles. The van der Waals surface area contributed by atoms with Crippen molar-refractivity contribution >= 4 is 53.2 Å². The van der Waals surface area contributed by atoms with Crippen molar-refractivity contribution in [1.82, 2.24) is 46.2 Å². The molecule has 6 N–H and O–H groups in total. The second-order valence-corrected chi connectivity index (χ2v) is 21.0. The summed E-state index contributed by atoms with van der Waals surface area (Å²) in [6.45, 7) is 15.1. The molecule has 74 heavy (non-hydrogen) atoms. The van der Waals surface area contributed by atoms with Crippen molar-refractivity contribution in [2.75, 3.05) is 41.3 Å². The Kier molecular flexibility index (Phi) is 25.2. The number of carbonyl (C=O) groups excluding carboxylic acids is 9. The normalized spacial score (nSPS) is 15.8. The van der Waals surface area contributed by atoms with Gasteiger partial charge >= 0.3 is 0 Å². The van der Waals surface area contributed by atoms with Gasteiger partial charge in [0.15, 0.2) is 6.04 Å². The molecule has 1 aliphatic heterocycles. The molecule has 0 bridgehead atoms. The lowest BCUT2D eigenvalue weighted by Gasteiger charge is -2.38. The Bertz CT molecular complexity index is 2180. The van der Waals surface area contributed by atoms with E-state index in [1.54, 1.807) is 48.3 Å². The van der Waals surface area contributed by atoms with E-state index < -0.39 is 95.7 Å². The van der Waals surface area contributed by atoms with E-state index in [-0.39, 0.29) is 55.8 Å². The number of nitrogens with zero attached hydrogens (tertiary/aromatic N) is 4. The second-order valence-electron chi connectivity index (χ2n) is 21.0. The van der Waals surface area contributed by atoms with Crippen LogP contribution in [0.15, 0.2) is 60.7 Å². The standard InChI is InChI=1S/C55H85N9O10/c1-34(2)28-41(33-46(67)58-43(31-39-22-16-13-17-23-39)50(69)60-48(51(70)56-9)55(74)64-26-20-15-21-27-64)62(11)53(72)44(32-40-24-18-14-19-25-40)63(12)52(71)37(7)61(10)54(73)47(38(8)65)59-49(68)42(29-35(3)4)57-45(66)30-36(5)6/h13-14,16-19,22-25,34-38,41-44,47-48,65H,15,20-21,26-33H2,1-12H3,(H,56,70)(H,57,66)(H,58,67)(H,59,68)(H,60,69)/t37-,38+,41-,42-,43-,44-,47-,48+/m0/s1. The highest BCUT2D eigenvalue weighted by molar-refractivity contribution is 6.07. The third-order valence-corrected chi connectivity index (χ3v) is 13.4. The molecule has 0 spiro atoms. The summed E-state index contributed by atoms with van der Waals surface area (Å²) in [5, 5.41) is 24.1. The maximum atomic E-state index is 15.0. The third kappa shape index (κ3) is 19.2. The molecular weight excluding hydrogens is 947 g/mol. The van der Waals surface area contributed by atoms with Crippen LogP contribution in [0.1, 0.15) is 111 Å². The summed E-state index contributed by atoms with van der Waals surface area (Å²) in [6.07, 6.45) is 1.75. The number of aliphatic hydroxyl groups is 1. The SMILES string of the molecule is CNC(=O)[C@@H](NC(=O)[C@H](Cc1ccccc1)NC(=O)C[C@H](CC(C)C)N(C)C(=O)[C@H](Cc1ccccc1)N(C)C(=O)[C@H](C)N(C)C(=O)[C@@H](NC(=O)[C@H](CC(C)C)NC(=O)CC(C)C)[C@@H](C)O)C(=O)N1CCCCC1. The summed E-state index contributed by atoms with van der Waals surface area (Å²) < 4.78 is 0. The highest BCUT2D eigenvalue weighted by Crippen LogP contribution is 2.21. The summed E-state index contributed by atoms with van der Waals surface area (Å²) in [5.41, 5.74) is 1.44. The van der Waals surface area contributed by atoms with Gasteiger partial charge in [-0.05, 0) is 74.8 Å². The summed E-state index contributed by atoms with van der Waals surface area (Å²) >= 11 is 0. The highest BCUT2D eigenvalue weighted by atomic mass is 16.3. The van der Waals surface area contributed by atoms with Gasteiger partial charge in [-0.2, -0.15) is 0 Å². The van der Waals surface area contributed by atoms with E-state index in [2.05, 4.69) is 26.6 Å². The van der Waals surface area contributed by atoms with Crippen molar-refractivity contribution in [3.8, 4) is 0 Å². The summed E-state index contributed by atoms with van der Waals surface area (Å²) in [5.74, 6) is -5.42. The van der Waals surface area contributed by atoms with Crippen LogP contribution in [0.25, 0.3) is 0 Å². The Morgan fingerprint density at radius 2 is 1.07 bits per heavy atom. The van der Waals surface area contributed by atoms with E-state index in [9.17, 15) is 48.3 Å². The van der Waals surface area contributed by atoms with Crippen LogP contribution in [0.3, 0.4) is 0 Å². The van der Waals surface area contributed by atoms with Gasteiger partial charge in [0.25, 0.3) is 11.8 Å². The lowest BCUT2D eigenvalue weighted by molar-refractivity contribution is -0.151. The Balaban J connectivity index is 1.91. The zero-order chi connectivity index (χ0) is 55.4. The molecule has 19 heteroatoms.